The maximum atomic E-state index is 3.30. The van der Waals surface area contributed by atoms with Crippen LogP contribution >= 0.6 is 0 Å². The molecule has 100 valence electrons. The smallest absolute Gasteiger partial charge is 0.0327 e. The second-order valence-electron chi connectivity index (χ2n) is 5.03. The summed E-state index contributed by atoms with van der Waals surface area (Å²) in [6.07, 6.45) is 0. The molecule has 0 amide bonds. The maximum Gasteiger partial charge on any atom is 0.0327 e. The molecule has 3 aromatic carbocycles. The summed E-state index contributed by atoms with van der Waals surface area (Å²) in [5.41, 5.74) is 5.74. The largest absolute Gasteiger partial charge is 0.0622 e. The van der Waals surface area contributed by atoms with Crippen LogP contribution in [-0.4, -0.2) is 0 Å². The van der Waals surface area contributed by atoms with Crippen LogP contribution in [0.3, 0.4) is 0 Å². The molecule has 0 spiro atoms. The highest BCUT2D eigenvalue weighted by Gasteiger charge is 2.01. The summed E-state index contributed by atoms with van der Waals surface area (Å²) in [4.78, 5) is 0. The highest BCUT2D eigenvalue weighted by atomic mass is 14.0. The van der Waals surface area contributed by atoms with Crippen LogP contribution in [0.15, 0.2) is 78.9 Å². The van der Waals surface area contributed by atoms with Crippen LogP contribution in [0.2, 0.25) is 0 Å². The molecule has 0 bridgehead atoms. The fourth-order valence-electron chi connectivity index (χ4n) is 2.24. The lowest BCUT2D eigenvalue weighted by atomic mass is 10.00. The van der Waals surface area contributed by atoms with Crippen molar-refractivity contribution in [1.29, 1.82) is 0 Å². The average molecular weight is 268 g/mol. The lowest BCUT2D eigenvalue weighted by Gasteiger charge is -2.04. The predicted molar refractivity (Wildman–Crippen MR) is 89.0 cm³/mol. The molecule has 0 N–H and O–H groups in total. The van der Waals surface area contributed by atoms with Gasteiger partial charge in [0.05, 0.1) is 0 Å². The summed E-state index contributed by atoms with van der Waals surface area (Å²) in [6.45, 7) is 2.09. The Bertz CT molecular complexity index is 785. The summed E-state index contributed by atoms with van der Waals surface area (Å²) >= 11 is 0. The van der Waals surface area contributed by atoms with Gasteiger partial charge in [0, 0.05) is 11.1 Å². The molecule has 3 aromatic rings. The van der Waals surface area contributed by atoms with Gasteiger partial charge in [-0.05, 0) is 36.2 Å². The van der Waals surface area contributed by atoms with Crippen molar-refractivity contribution >= 4 is 0 Å². The van der Waals surface area contributed by atoms with Gasteiger partial charge in [-0.15, -0.1) is 0 Å². The zero-order valence-corrected chi connectivity index (χ0v) is 12.0. The molecule has 0 unspecified atom stereocenters. The van der Waals surface area contributed by atoms with Crippen molar-refractivity contribution in [2.75, 3.05) is 0 Å². The lowest BCUT2D eigenvalue weighted by molar-refractivity contribution is 1.46. The molecule has 0 saturated carbocycles. The minimum Gasteiger partial charge on any atom is -0.0622 e. The number of rotatable bonds is 1. The van der Waals surface area contributed by atoms with Crippen LogP contribution in [-0.2, 0) is 0 Å². The van der Waals surface area contributed by atoms with Gasteiger partial charge in [0.25, 0.3) is 0 Å². The van der Waals surface area contributed by atoms with Gasteiger partial charge in [-0.1, -0.05) is 78.1 Å². The molecule has 21 heavy (non-hydrogen) atoms. The Balaban J connectivity index is 1.99. The van der Waals surface area contributed by atoms with E-state index in [0.29, 0.717) is 0 Å². The fourth-order valence-corrected chi connectivity index (χ4v) is 2.24. The monoisotopic (exact) mass is 268 g/mol. The molecule has 0 aliphatic heterocycles. The van der Waals surface area contributed by atoms with Gasteiger partial charge < -0.3 is 0 Å². The molecule has 0 heterocycles. The zero-order chi connectivity index (χ0) is 14.5. The summed E-state index contributed by atoms with van der Waals surface area (Å²) < 4.78 is 0. The molecule has 0 nitrogen and oxygen atoms in total. The highest BCUT2D eigenvalue weighted by molar-refractivity contribution is 5.71. The van der Waals surface area contributed by atoms with Crippen LogP contribution in [0.5, 0.6) is 0 Å². The second-order valence-corrected chi connectivity index (χ2v) is 5.03. The van der Waals surface area contributed by atoms with Crippen molar-refractivity contribution in [2.24, 2.45) is 0 Å². The van der Waals surface area contributed by atoms with Gasteiger partial charge in [-0.25, -0.2) is 0 Å². The Morgan fingerprint density at radius 2 is 1.29 bits per heavy atom. The molecular weight excluding hydrogens is 252 g/mol. The highest BCUT2D eigenvalue weighted by Crippen LogP contribution is 2.22. The number of hydrogen-bond acceptors (Lipinski definition) is 0. The van der Waals surface area contributed by atoms with Crippen LogP contribution in [0.25, 0.3) is 11.1 Å². The van der Waals surface area contributed by atoms with E-state index in [1.165, 1.54) is 16.7 Å². The summed E-state index contributed by atoms with van der Waals surface area (Å²) in [5.74, 6) is 6.55. The van der Waals surface area contributed by atoms with E-state index in [4.69, 9.17) is 0 Å². The second kappa shape index (κ2) is 6.11. The number of hydrogen-bond donors (Lipinski definition) is 0. The van der Waals surface area contributed by atoms with Crippen molar-refractivity contribution in [3.05, 3.63) is 95.6 Å². The van der Waals surface area contributed by atoms with E-state index in [9.17, 15) is 0 Å². The maximum absolute atomic E-state index is 3.30. The Hall–Kier alpha value is -2.78. The van der Waals surface area contributed by atoms with Gasteiger partial charge in [0.2, 0.25) is 0 Å². The molecule has 0 fully saturated rings. The van der Waals surface area contributed by atoms with E-state index in [1.54, 1.807) is 0 Å². The number of aryl methyl sites for hydroxylation is 1. The van der Waals surface area contributed by atoms with E-state index < -0.39 is 0 Å². The third kappa shape index (κ3) is 3.22. The van der Waals surface area contributed by atoms with Crippen molar-refractivity contribution in [2.45, 2.75) is 6.92 Å². The average Bonchev–Trinajstić information content (AvgIpc) is 2.55. The van der Waals surface area contributed by atoms with E-state index in [2.05, 4.69) is 85.5 Å². The molecule has 0 heteroatoms. The van der Waals surface area contributed by atoms with Gasteiger partial charge >= 0.3 is 0 Å². The van der Waals surface area contributed by atoms with E-state index >= 15 is 0 Å². The van der Waals surface area contributed by atoms with Gasteiger partial charge in [-0.2, -0.15) is 0 Å². The first kappa shape index (κ1) is 13.2. The Kier molecular flexibility index (Phi) is 3.85. The van der Waals surface area contributed by atoms with Crippen LogP contribution in [0.1, 0.15) is 16.7 Å². The summed E-state index contributed by atoms with van der Waals surface area (Å²) in [7, 11) is 0. The molecule has 0 aliphatic rings. The molecule has 0 atom stereocenters. The molecule has 0 aliphatic carbocycles. The molecular formula is C21H16. The minimum absolute atomic E-state index is 1.04. The lowest BCUT2D eigenvalue weighted by Crippen LogP contribution is -1.84. The van der Waals surface area contributed by atoms with E-state index in [-0.39, 0.29) is 0 Å². The Morgan fingerprint density at radius 1 is 0.619 bits per heavy atom. The standard InChI is InChI=1S/C21H16/c1-17-11-13-18(14-12-17)15-16-20-9-5-6-10-21(20)19-7-3-2-4-8-19/h2-14H,1H3. The van der Waals surface area contributed by atoms with Gasteiger partial charge in [0.1, 0.15) is 0 Å². The Morgan fingerprint density at radius 3 is 2.05 bits per heavy atom. The molecule has 0 aromatic heterocycles. The van der Waals surface area contributed by atoms with Gasteiger partial charge in [-0.3, -0.25) is 0 Å². The summed E-state index contributed by atoms with van der Waals surface area (Å²) in [5, 5.41) is 0. The zero-order valence-electron chi connectivity index (χ0n) is 12.0. The van der Waals surface area contributed by atoms with Crippen molar-refractivity contribution in [3.63, 3.8) is 0 Å². The summed E-state index contributed by atoms with van der Waals surface area (Å²) in [6, 6.07) is 27.0. The molecule has 0 radical (unpaired) electrons. The minimum atomic E-state index is 1.04. The van der Waals surface area contributed by atoms with Crippen molar-refractivity contribution in [3.8, 4) is 23.0 Å². The Labute approximate surface area is 126 Å². The number of benzene rings is 3. The van der Waals surface area contributed by atoms with Crippen molar-refractivity contribution < 1.29 is 0 Å². The molecule has 3 rings (SSSR count). The quantitative estimate of drug-likeness (QED) is 0.541. The SMILES string of the molecule is Cc1ccc(C#Cc2ccccc2-c2ccccc2)cc1. The first-order chi connectivity index (χ1) is 10.3. The normalized spacial score (nSPS) is 9.76. The third-order valence-corrected chi connectivity index (χ3v) is 3.40. The predicted octanol–water partition coefficient (Wildman–Crippen LogP) is 5.06. The molecule has 0 saturated heterocycles. The van der Waals surface area contributed by atoms with Crippen LogP contribution < -0.4 is 0 Å². The van der Waals surface area contributed by atoms with Crippen molar-refractivity contribution in [1.82, 2.24) is 0 Å². The fraction of sp³-hybridized carbons (Fsp3) is 0.0476. The topological polar surface area (TPSA) is 0 Å². The first-order valence-corrected chi connectivity index (χ1v) is 7.06. The van der Waals surface area contributed by atoms with E-state index in [0.717, 1.165) is 11.1 Å². The third-order valence-electron chi connectivity index (χ3n) is 3.40. The van der Waals surface area contributed by atoms with Crippen LogP contribution in [0, 0.1) is 18.8 Å². The van der Waals surface area contributed by atoms with E-state index in [1.807, 2.05) is 12.1 Å². The first-order valence-electron chi connectivity index (χ1n) is 7.06. The van der Waals surface area contributed by atoms with Gasteiger partial charge in [0.15, 0.2) is 0 Å². The van der Waals surface area contributed by atoms with Crippen LogP contribution in [0.4, 0.5) is 0 Å².